The third kappa shape index (κ3) is 3.97. The molecule has 6 heteroatoms. The van der Waals surface area contributed by atoms with Crippen molar-refractivity contribution in [2.75, 3.05) is 37.6 Å². The van der Waals surface area contributed by atoms with E-state index in [0.717, 1.165) is 62.5 Å². The highest BCUT2D eigenvalue weighted by Gasteiger charge is 2.25. The van der Waals surface area contributed by atoms with Crippen LogP contribution in [0.1, 0.15) is 25.3 Å². The highest BCUT2D eigenvalue weighted by atomic mass is 32.2. The Morgan fingerprint density at radius 2 is 2.04 bits per heavy atom. The first-order valence-corrected chi connectivity index (χ1v) is 9.27. The number of carbonyl (C=O) groups is 1. The summed E-state index contributed by atoms with van der Waals surface area (Å²) < 4.78 is 0. The van der Waals surface area contributed by atoms with Crippen LogP contribution < -0.4 is 4.90 Å². The zero-order chi connectivity index (χ0) is 16.9. The minimum atomic E-state index is -0.0396. The first kappa shape index (κ1) is 17.0. The highest BCUT2D eigenvalue weighted by molar-refractivity contribution is 8.15. The number of hydrogen-bond acceptors (Lipinski definition) is 5. The fourth-order valence-corrected chi connectivity index (χ4v) is 4.22. The van der Waals surface area contributed by atoms with E-state index in [9.17, 15) is 10.1 Å². The molecule has 1 aromatic rings. The van der Waals surface area contributed by atoms with Crippen molar-refractivity contribution in [2.24, 2.45) is 4.99 Å². The highest BCUT2D eigenvalue weighted by Crippen LogP contribution is 2.27. The quantitative estimate of drug-likeness (QED) is 0.822. The number of nitriles is 1. The Morgan fingerprint density at radius 3 is 2.71 bits per heavy atom. The van der Waals surface area contributed by atoms with Crippen molar-refractivity contribution >= 4 is 28.4 Å². The van der Waals surface area contributed by atoms with Crippen molar-refractivity contribution in [1.29, 1.82) is 5.26 Å². The molecule has 1 unspecified atom stereocenters. The second-order valence-corrected chi connectivity index (χ2v) is 7.38. The smallest absolute Gasteiger partial charge is 0.305 e. The summed E-state index contributed by atoms with van der Waals surface area (Å²) in [7, 11) is 0. The van der Waals surface area contributed by atoms with Crippen molar-refractivity contribution < 1.29 is 4.79 Å². The number of carbonyl (C=O) groups excluding carboxylic acids is 1. The van der Waals surface area contributed by atoms with Gasteiger partial charge >= 0.3 is 5.24 Å². The predicted molar refractivity (Wildman–Crippen MR) is 98.9 cm³/mol. The molecule has 1 aromatic carbocycles. The zero-order valence-electron chi connectivity index (χ0n) is 13.9. The fourth-order valence-electron chi connectivity index (χ4n) is 3.27. The fraction of sp³-hybridized carbons (Fsp3) is 0.500. The van der Waals surface area contributed by atoms with Crippen molar-refractivity contribution in [2.45, 2.75) is 25.0 Å². The van der Waals surface area contributed by atoms with Crippen LogP contribution >= 0.6 is 11.8 Å². The number of amides is 1. The molecule has 1 amide bonds. The first-order valence-electron chi connectivity index (χ1n) is 8.39. The Kier molecular flexibility index (Phi) is 5.54. The summed E-state index contributed by atoms with van der Waals surface area (Å²) in [5.74, 6) is 0. The Labute approximate surface area is 147 Å². The third-order valence-corrected chi connectivity index (χ3v) is 5.81. The maximum absolute atomic E-state index is 11.3. The molecule has 0 radical (unpaired) electrons. The number of thioether (sulfide) groups is 1. The van der Waals surface area contributed by atoms with Gasteiger partial charge in [-0.05, 0) is 38.4 Å². The molecular weight excluding hydrogens is 320 g/mol. The molecule has 126 valence electrons. The Morgan fingerprint density at radius 1 is 1.29 bits per heavy atom. The predicted octanol–water partition coefficient (Wildman–Crippen LogP) is 3.16. The van der Waals surface area contributed by atoms with Crippen LogP contribution in [-0.4, -0.2) is 53.8 Å². The number of rotatable bonds is 5. The van der Waals surface area contributed by atoms with Gasteiger partial charge in [0.05, 0.1) is 16.5 Å². The average Bonchev–Trinajstić information content (AvgIpc) is 2.93. The van der Waals surface area contributed by atoms with Crippen LogP contribution in [0.5, 0.6) is 0 Å². The van der Waals surface area contributed by atoms with E-state index in [4.69, 9.17) is 0 Å². The minimum absolute atomic E-state index is 0.0396. The van der Waals surface area contributed by atoms with Crippen molar-refractivity contribution in [3.05, 3.63) is 29.8 Å². The minimum Gasteiger partial charge on any atom is -0.368 e. The van der Waals surface area contributed by atoms with Gasteiger partial charge in [0.1, 0.15) is 6.07 Å². The molecular formula is C18H22N4OS. The van der Waals surface area contributed by atoms with Crippen LogP contribution in [-0.2, 0) is 0 Å². The van der Waals surface area contributed by atoms with Crippen LogP contribution in [0, 0.1) is 11.3 Å². The number of para-hydroxylation sites is 1. The monoisotopic (exact) mass is 342 g/mol. The number of hydrogen-bond donors (Lipinski definition) is 0. The van der Waals surface area contributed by atoms with Gasteiger partial charge in [-0.1, -0.05) is 23.9 Å². The molecule has 2 heterocycles. The number of anilines is 1. The molecule has 1 fully saturated rings. The second kappa shape index (κ2) is 7.82. The molecule has 2 aliphatic rings. The summed E-state index contributed by atoms with van der Waals surface area (Å²) in [6, 6.07) is 10.1. The van der Waals surface area contributed by atoms with Gasteiger partial charge in [-0.15, -0.1) is 0 Å². The Balaban J connectivity index is 1.43. The van der Waals surface area contributed by atoms with Crippen molar-refractivity contribution in [3.8, 4) is 6.07 Å². The summed E-state index contributed by atoms with van der Waals surface area (Å²) in [6.45, 7) is 6.96. The van der Waals surface area contributed by atoms with Crippen molar-refractivity contribution in [3.63, 3.8) is 0 Å². The van der Waals surface area contributed by atoms with E-state index < -0.39 is 0 Å². The molecule has 24 heavy (non-hydrogen) atoms. The van der Waals surface area contributed by atoms with E-state index in [1.54, 1.807) is 0 Å². The second-order valence-electron chi connectivity index (χ2n) is 6.23. The Bertz CT molecular complexity index is 674. The van der Waals surface area contributed by atoms with Gasteiger partial charge in [0.2, 0.25) is 0 Å². The lowest BCUT2D eigenvalue weighted by Crippen LogP contribution is -2.47. The zero-order valence-corrected chi connectivity index (χ0v) is 14.8. The normalized spacial score (nSPS) is 21.7. The van der Waals surface area contributed by atoms with Crippen LogP contribution in [0.25, 0.3) is 0 Å². The molecule has 0 aliphatic carbocycles. The lowest BCUT2D eigenvalue weighted by Gasteiger charge is -2.36. The first-order chi connectivity index (χ1) is 11.7. The molecule has 0 saturated carbocycles. The van der Waals surface area contributed by atoms with E-state index in [2.05, 4.69) is 20.9 Å². The summed E-state index contributed by atoms with van der Waals surface area (Å²) >= 11 is 1.36. The van der Waals surface area contributed by atoms with Gasteiger partial charge in [-0.2, -0.15) is 5.26 Å². The lowest BCUT2D eigenvalue weighted by molar-refractivity contribution is 0.254. The topological polar surface area (TPSA) is 59.7 Å². The summed E-state index contributed by atoms with van der Waals surface area (Å²) in [5.41, 5.74) is 2.78. The van der Waals surface area contributed by atoms with Crippen LogP contribution in [0.3, 0.4) is 0 Å². The van der Waals surface area contributed by atoms with Crippen LogP contribution in [0.4, 0.5) is 10.5 Å². The largest absolute Gasteiger partial charge is 0.368 e. The molecule has 3 rings (SSSR count). The summed E-state index contributed by atoms with van der Waals surface area (Å²) in [4.78, 5) is 20.1. The van der Waals surface area contributed by atoms with E-state index in [1.807, 2.05) is 31.2 Å². The number of nitrogens with zero attached hydrogens (tertiary/aromatic N) is 4. The molecule has 1 saturated heterocycles. The SMILES string of the molecule is CC1=NC(=O)SC1CCCN1CCN(c2ccccc2C#N)CC1. The van der Waals surface area contributed by atoms with Crippen LogP contribution in [0.2, 0.25) is 0 Å². The van der Waals surface area contributed by atoms with Gasteiger partial charge in [-0.25, -0.2) is 4.99 Å². The van der Waals surface area contributed by atoms with Gasteiger partial charge in [0.25, 0.3) is 0 Å². The average molecular weight is 342 g/mol. The number of benzene rings is 1. The summed E-state index contributed by atoms with van der Waals surface area (Å²) in [6.07, 6.45) is 2.11. The maximum Gasteiger partial charge on any atom is 0.305 e. The lowest BCUT2D eigenvalue weighted by atomic mass is 10.1. The van der Waals surface area contributed by atoms with Gasteiger partial charge in [0.15, 0.2) is 0 Å². The Hall–Kier alpha value is -1.84. The van der Waals surface area contributed by atoms with E-state index in [-0.39, 0.29) is 10.5 Å². The standard InChI is InChI=1S/C18H22N4OS/c1-14-17(24-18(23)20-14)7-4-8-21-9-11-22(12-10-21)16-6-3-2-5-15(16)13-19/h2-3,5-6,17H,4,7-12H2,1H3. The van der Waals surface area contributed by atoms with E-state index in [1.165, 1.54) is 11.8 Å². The van der Waals surface area contributed by atoms with Gasteiger partial charge in [-0.3, -0.25) is 9.69 Å². The maximum atomic E-state index is 11.3. The molecule has 0 aromatic heterocycles. The summed E-state index contributed by atoms with van der Waals surface area (Å²) in [5, 5.41) is 9.48. The van der Waals surface area contributed by atoms with E-state index >= 15 is 0 Å². The molecule has 5 nitrogen and oxygen atoms in total. The molecule has 0 spiro atoms. The number of aliphatic imine (C=N–C) groups is 1. The van der Waals surface area contributed by atoms with Gasteiger partial charge in [0, 0.05) is 31.9 Å². The molecule has 0 bridgehead atoms. The van der Waals surface area contributed by atoms with E-state index in [0.29, 0.717) is 0 Å². The van der Waals surface area contributed by atoms with Crippen molar-refractivity contribution in [1.82, 2.24) is 4.90 Å². The molecule has 2 aliphatic heterocycles. The van der Waals surface area contributed by atoms with Crippen LogP contribution in [0.15, 0.2) is 29.3 Å². The number of piperazine rings is 1. The third-order valence-electron chi connectivity index (χ3n) is 4.65. The molecule has 1 atom stereocenters. The van der Waals surface area contributed by atoms with Gasteiger partial charge < -0.3 is 4.90 Å². The molecule has 0 N–H and O–H groups in total.